The van der Waals surface area contributed by atoms with Gasteiger partial charge in [-0.2, -0.15) is 0 Å². The quantitative estimate of drug-likeness (QED) is 0.0733. The van der Waals surface area contributed by atoms with Crippen LogP contribution in [-0.2, 0) is 20.7 Å². The van der Waals surface area contributed by atoms with Crippen LogP contribution in [0.1, 0.15) is 136 Å². The predicted octanol–water partition coefficient (Wildman–Crippen LogP) is 10.4. The van der Waals surface area contributed by atoms with Crippen molar-refractivity contribution in [1.29, 1.82) is 0 Å². The van der Waals surface area contributed by atoms with E-state index >= 15 is 0 Å². The van der Waals surface area contributed by atoms with E-state index in [4.69, 9.17) is 40.4 Å². The standard InChI is InChI=1S/C57H51N11O7S6/c1-26-11-13-31(14-12-26)17-36-49(72)67-46(28(3)44-20-75-44)57-66-42(25-80-57)55-63-39(22-79-55)48-33(15-16-35(59-48)54-62-38(21-78-54)29(4)69)52-64-41(23-76-52)51(74)61-37(19-45(58)71)56-68-47(30(5)81-56)43(70)18-34(27(2)32-9-7-6-8-10-32)53-65-40(24-77-53)50(73)60-36/h6-16,21-25,27-28,34,36-37,44,46H,17-20H2,1-5H3,(H2,58,71)(H,60,73)(H,61,74)(H,67,72). The predicted molar refractivity (Wildman–Crippen MR) is 314 cm³/mol. The number of nitrogens with one attached hydrogen (secondary N) is 3. The van der Waals surface area contributed by atoms with E-state index in [9.17, 15) is 28.8 Å². The second-order valence-electron chi connectivity index (χ2n) is 19.9. The van der Waals surface area contributed by atoms with Crippen LogP contribution in [-0.4, -0.2) is 88.8 Å². The van der Waals surface area contributed by atoms with Crippen LogP contribution in [0.3, 0.4) is 0 Å². The first-order valence-electron chi connectivity index (χ1n) is 25.8. The van der Waals surface area contributed by atoms with Crippen molar-refractivity contribution in [2.45, 2.75) is 89.9 Å². The van der Waals surface area contributed by atoms with E-state index < -0.39 is 47.7 Å². The number of ketones is 2. The normalized spacial score (nSPS) is 19.4. The maximum absolute atomic E-state index is 14.9. The van der Waals surface area contributed by atoms with Gasteiger partial charge < -0.3 is 26.4 Å². The molecule has 0 saturated carbocycles. The van der Waals surface area contributed by atoms with Crippen LogP contribution in [0.2, 0.25) is 0 Å². The summed E-state index contributed by atoms with van der Waals surface area (Å²) < 4.78 is 5.79. The first-order valence-corrected chi connectivity index (χ1v) is 31.0. The summed E-state index contributed by atoms with van der Waals surface area (Å²) in [5.41, 5.74) is 11.7. The molecule has 2 aliphatic heterocycles. The number of nitrogens with zero attached hydrogens (tertiary/aromatic N) is 7. The molecule has 4 amide bonds. The first-order chi connectivity index (χ1) is 39.0. The Balaban J connectivity index is 1.01. The molecule has 10 bridgehead atoms. The summed E-state index contributed by atoms with van der Waals surface area (Å²) in [4.78, 5) is 118. The van der Waals surface area contributed by atoms with Crippen molar-refractivity contribution >= 4 is 103 Å². The van der Waals surface area contributed by atoms with E-state index in [1.165, 1.54) is 74.9 Å². The number of fused-ring (bicyclic) bond motifs is 14. The van der Waals surface area contributed by atoms with Crippen molar-refractivity contribution in [3.05, 3.63) is 153 Å². The molecule has 18 nitrogen and oxygen atoms in total. The van der Waals surface area contributed by atoms with Gasteiger partial charge in [-0.25, -0.2) is 34.9 Å². The van der Waals surface area contributed by atoms with E-state index in [1.807, 2.05) is 92.2 Å². The number of aryl methyl sites for hydroxylation is 2. The zero-order chi connectivity index (χ0) is 56.6. The summed E-state index contributed by atoms with van der Waals surface area (Å²) in [6, 6.07) is 18.4. The van der Waals surface area contributed by atoms with E-state index in [1.54, 1.807) is 29.1 Å². The van der Waals surface area contributed by atoms with Crippen LogP contribution in [0.15, 0.2) is 93.6 Å². The average Bonchev–Trinajstić information content (AvgIpc) is 4.22. The van der Waals surface area contributed by atoms with Gasteiger partial charge in [0.25, 0.3) is 11.8 Å². The molecule has 1 fully saturated rings. The van der Waals surface area contributed by atoms with Crippen LogP contribution < -0.4 is 21.7 Å². The lowest BCUT2D eigenvalue weighted by Gasteiger charge is -2.26. The molecule has 2 aromatic carbocycles. The molecule has 7 atom stereocenters. The minimum absolute atomic E-state index is 0.0481. The van der Waals surface area contributed by atoms with Gasteiger partial charge in [0.1, 0.15) is 70.9 Å². The van der Waals surface area contributed by atoms with Crippen LogP contribution >= 0.6 is 68.0 Å². The monoisotopic (exact) mass is 1190 g/mol. The number of Topliss-reactive ketones (excluding diaryl/α,β-unsaturated/α-hetero) is 2. The summed E-state index contributed by atoms with van der Waals surface area (Å²) in [6.45, 7) is 9.71. The lowest BCUT2D eigenvalue weighted by molar-refractivity contribution is -0.124. The molecule has 412 valence electrons. The van der Waals surface area contributed by atoms with Crippen LogP contribution in [0.25, 0.3) is 43.4 Å². The molecule has 11 rings (SSSR count). The fourth-order valence-electron chi connectivity index (χ4n) is 9.46. The van der Waals surface area contributed by atoms with Crippen LogP contribution in [0, 0.1) is 19.8 Å². The Kier molecular flexibility index (Phi) is 16.1. The third-order valence-electron chi connectivity index (χ3n) is 14.1. The number of carbonyl (C=O) groups is 6. The number of aromatic nitrogens is 7. The van der Waals surface area contributed by atoms with Crippen molar-refractivity contribution in [3.8, 4) is 43.4 Å². The maximum atomic E-state index is 14.9. The van der Waals surface area contributed by atoms with E-state index in [-0.39, 0.29) is 65.9 Å². The number of primary amides is 1. The van der Waals surface area contributed by atoms with Gasteiger partial charge in [-0.15, -0.1) is 68.0 Å². The van der Waals surface area contributed by atoms with Crippen molar-refractivity contribution in [2.75, 3.05) is 6.61 Å². The Labute approximate surface area is 488 Å². The molecule has 24 heteroatoms. The molecule has 81 heavy (non-hydrogen) atoms. The number of hydrogen-bond acceptors (Lipinski definition) is 20. The maximum Gasteiger partial charge on any atom is 0.271 e. The third-order valence-corrected chi connectivity index (χ3v) is 19.7. The number of benzene rings is 2. The van der Waals surface area contributed by atoms with Crippen molar-refractivity contribution in [2.24, 2.45) is 11.7 Å². The zero-order valence-corrected chi connectivity index (χ0v) is 49.0. The highest BCUT2D eigenvalue weighted by Gasteiger charge is 2.40. The summed E-state index contributed by atoms with van der Waals surface area (Å²) in [7, 11) is 0. The van der Waals surface area contributed by atoms with E-state index in [0.29, 0.717) is 75.6 Å². The van der Waals surface area contributed by atoms with Gasteiger partial charge in [0.15, 0.2) is 11.6 Å². The van der Waals surface area contributed by atoms with Gasteiger partial charge in [0, 0.05) is 68.9 Å². The Hall–Kier alpha value is -7.45. The van der Waals surface area contributed by atoms with Crippen LogP contribution in [0.5, 0.6) is 0 Å². The van der Waals surface area contributed by atoms with E-state index in [0.717, 1.165) is 16.7 Å². The third kappa shape index (κ3) is 12.3. The number of carbonyl (C=O) groups excluding carboxylic acids is 6. The summed E-state index contributed by atoms with van der Waals surface area (Å²) >= 11 is 7.63. The van der Waals surface area contributed by atoms with Gasteiger partial charge in [0.2, 0.25) is 11.8 Å². The lowest BCUT2D eigenvalue weighted by atomic mass is 9.84. The van der Waals surface area contributed by atoms with Gasteiger partial charge in [-0.3, -0.25) is 28.8 Å². The highest BCUT2D eigenvalue weighted by atomic mass is 32.1. The van der Waals surface area contributed by atoms with Gasteiger partial charge in [-0.1, -0.05) is 74.0 Å². The molecular formula is C57H51N11O7S6. The van der Waals surface area contributed by atoms with E-state index in [2.05, 4.69) is 20.9 Å². The number of rotatable bonds is 10. The van der Waals surface area contributed by atoms with Crippen LogP contribution in [0.4, 0.5) is 0 Å². The molecule has 1 saturated heterocycles. The number of pyridine rings is 1. The minimum atomic E-state index is -1.05. The molecule has 7 aromatic heterocycles. The summed E-state index contributed by atoms with van der Waals surface area (Å²) in [6.07, 6.45) is -0.330. The largest absolute Gasteiger partial charge is 0.373 e. The second kappa shape index (κ2) is 23.6. The summed E-state index contributed by atoms with van der Waals surface area (Å²) in [5, 5.41) is 20.8. The summed E-state index contributed by atoms with van der Waals surface area (Å²) in [5.74, 6) is -3.78. The Morgan fingerprint density at radius 2 is 1.30 bits per heavy atom. The number of hydrogen-bond donors (Lipinski definition) is 4. The van der Waals surface area contributed by atoms with Crippen molar-refractivity contribution in [3.63, 3.8) is 0 Å². The molecule has 9 aromatic rings. The number of thiazole rings is 6. The fourth-order valence-corrected chi connectivity index (χ4v) is 14.9. The molecule has 2 aliphatic rings. The van der Waals surface area contributed by atoms with Gasteiger partial charge in [0.05, 0.1) is 41.9 Å². The second-order valence-corrected chi connectivity index (χ2v) is 25.5. The molecule has 0 radical (unpaired) electrons. The molecule has 7 unspecified atom stereocenters. The highest BCUT2D eigenvalue weighted by molar-refractivity contribution is 7.15. The zero-order valence-electron chi connectivity index (χ0n) is 44.1. The van der Waals surface area contributed by atoms with Crippen molar-refractivity contribution < 1.29 is 33.5 Å². The van der Waals surface area contributed by atoms with Crippen molar-refractivity contribution in [1.82, 2.24) is 50.8 Å². The van der Waals surface area contributed by atoms with Gasteiger partial charge >= 0.3 is 0 Å². The molecular weight excluding hydrogens is 1140 g/mol. The Morgan fingerprint density at radius 3 is 2.02 bits per heavy atom. The number of ether oxygens (including phenoxy) is 1. The fraction of sp³-hybridized carbons (Fsp3) is 0.281. The SMILES string of the molecule is CC(=O)c1csc(-c2ccc3c(n2)-c2csc(n2)-c2csc(n2)C(C(C)C2CO2)NC(=O)C(Cc2ccc(C)cc2)NC(=O)c2csc(n2)C(C(C)c2ccccc2)CC(=O)c2nc(sc2C)C(CC(N)=O)NC(=O)c2csc-3n2)n1. The molecule has 0 spiro atoms. The Morgan fingerprint density at radius 1 is 0.654 bits per heavy atom. The number of nitrogens with two attached hydrogens (primary N) is 1. The minimum Gasteiger partial charge on any atom is -0.373 e. The Bertz CT molecular complexity index is 3860. The molecule has 9 heterocycles. The highest BCUT2D eigenvalue weighted by Crippen LogP contribution is 2.42. The number of amides is 4. The van der Waals surface area contributed by atoms with Gasteiger partial charge in [-0.05, 0) is 43.0 Å². The topological polar surface area (TPSA) is 267 Å². The first kappa shape index (κ1) is 55.5. The average molecular weight is 1190 g/mol. The lowest BCUT2D eigenvalue weighted by Crippen LogP contribution is -2.50. The number of epoxide rings is 1. The molecule has 5 N–H and O–H groups in total. The smallest absolute Gasteiger partial charge is 0.271 e. The molecule has 0 aliphatic carbocycles.